The highest BCUT2D eigenvalue weighted by atomic mass is 32.2. The minimum absolute atomic E-state index is 0.00487. The van der Waals surface area contributed by atoms with Crippen LogP contribution in [0.1, 0.15) is 17.7 Å². The summed E-state index contributed by atoms with van der Waals surface area (Å²) in [7, 11) is -6.44. The van der Waals surface area contributed by atoms with Gasteiger partial charge in [0.15, 0.2) is 9.84 Å². The van der Waals surface area contributed by atoms with Crippen molar-refractivity contribution in [2.45, 2.75) is 23.6 Å². The van der Waals surface area contributed by atoms with E-state index in [9.17, 15) is 16.8 Å². The van der Waals surface area contributed by atoms with Gasteiger partial charge in [-0.05, 0) is 30.5 Å². The van der Waals surface area contributed by atoms with E-state index in [2.05, 4.69) is 10.0 Å². The second-order valence-corrected chi connectivity index (χ2v) is 10.0. The monoisotopic (exact) mass is 337 g/mol. The van der Waals surface area contributed by atoms with Gasteiger partial charge in [0, 0.05) is 21.8 Å². The van der Waals surface area contributed by atoms with Crippen LogP contribution in [0, 0.1) is 0 Å². The zero-order valence-corrected chi connectivity index (χ0v) is 13.3. The number of thiophene rings is 1. The molecule has 0 atom stereocenters. The van der Waals surface area contributed by atoms with Crippen LogP contribution in [0.2, 0.25) is 0 Å². The average Bonchev–Trinajstić information content (AvgIpc) is 2.80. The Morgan fingerprint density at radius 1 is 1.20 bits per heavy atom. The van der Waals surface area contributed by atoms with Crippen molar-refractivity contribution in [2.24, 2.45) is 5.11 Å². The summed E-state index contributed by atoms with van der Waals surface area (Å²) in [6.07, 6.45) is 1.76. The predicted molar refractivity (Wildman–Crippen MR) is 78.2 cm³/mol. The Bertz CT molecular complexity index is 700. The van der Waals surface area contributed by atoms with Crippen LogP contribution in [0.3, 0.4) is 0 Å². The Hall–Kier alpha value is -1.09. The molecule has 0 aliphatic carbocycles. The fourth-order valence-corrected chi connectivity index (χ4v) is 4.99. The topological polar surface area (TPSA) is 117 Å². The number of hydrogen-bond donors (Lipinski definition) is 0. The van der Waals surface area contributed by atoms with E-state index in [1.54, 1.807) is 6.07 Å². The molecule has 7 nitrogen and oxygen atoms in total. The van der Waals surface area contributed by atoms with Crippen LogP contribution < -0.4 is 0 Å². The molecule has 0 bridgehead atoms. The highest BCUT2D eigenvalue weighted by Gasteiger charge is 2.17. The molecule has 1 rings (SSSR count). The fraction of sp³-hybridized carbons (Fsp3) is 0.600. The van der Waals surface area contributed by atoms with Gasteiger partial charge in [0.2, 0.25) is 0 Å². The maximum atomic E-state index is 12.0. The number of nitrogens with zero attached hydrogens (tertiary/aromatic N) is 3. The first-order valence-corrected chi connectivity index (χ1v) is 10.3. The second-order valence-electron chi connectivity index (χ2n) is 4.27. The summed E-state index contributed by atoms with van der Waals surface area (Å²) >= 11 is 1.07. The van der Waals surface area contributed by atoms with Crippen molar-refractivity contribution in [3.63, 3.8) is 0 Å². The SMILES string of the molecule is CS(=O)(=O)CCCCS(=O)(=O)c1ccc(CN=[N+]=[N-])s1. The molecule has 1 aromatic heterocycles. The first-order valence-electron chi connectivity index (χ1n) is 5.75. The molecular formula is C10H15N3O4S3. The van der Waals surface area contributed by atoms with E-state index < -0.39 is 19.7 Å². The van der Waals surface area contributed by atoms with Gasteiger partial charge < -0.3 is 0 Å². The zero-order valence-electron chi connectivity index (χ0n) is 10.9. The molecule has 20 heavy (non-hydrogen) atoms. The molecule has 0 aliphatic heterocycles. The summed E-state index contributed by atoms with van der Waals surface area (Å²) in [5.74, 6) is -0.0842. The van der Waals surface area contributed by atoms with Crippen LogP contribution in [-0.4, -0.2) is 34.6 Å². The molecule has 1 aromatic rings. The van der Waals surface area contributed by atoms with E-state index in [1.165, 1.54) is 6.07 Å². The molecule has 0 N–H and O–H groups in total. The standard InChI is InChI=1S/C10H15N3O4S3/c1-19(14,15)6-2-3-7-20(16,17)10-5-4-9(18-10)8-12-13-11/h4-5H,2-3,6-8H2,1H3. The molecule has 0 amide bonds. The van der Waals surface area contributed by atoms with Crippen LogP contribution in [0.25, 0.3) is 10.4 Å². The Balaban J connectivity index is 2.60. The minimum Gasteiger partial charge on any atom is -0.229 e. The molecule has 0 aromatic carbocycles. The van der Waals surface area contributed by atoms with Crippen LogP contribution in [-0.2, 0) is 26.2 Å². The van der Waals surface area contributed by atoms with Crippen molar-refractivity contribution in [2.75, 3.05) is 17.8 Å². The van der Waals surface area contributed by atoms with Gasteiger partial charge in [0.1, 0.15) is 14.0 Å². The van der Waals surface area contributed by atoms with Crippen LogP contribution in [0.5, 0.6) is 0 Å². The third-order valence-electron chi connectivity index (χ3n) is 2.41. The Morgan fingerprint density at radius 2 is 1.85 bits per heavy atom. The maximum absolute atomic E-state index is 12.0. The van der Waals surface area contributed by atoms with Crippen molar-refractivity contribution in [1.82, 2.24) is 0 Å². The van der Waals surface area contributed by atoms with Crippen LogP contribution in [0.4, 0.5) is 0 Å². The molecule has 0 spiro atoms. The quantitative estimate of drug-likeness (QED) is 0.312. The highest BCUT2D eigenvalue weighted by molar-refractivity contribution is 7.93. The molecule has 0 aliphatic rings. The van der Waals surface area contributed by atoms with Gasteiger partial charge in [0.05, 0.1) is 12.3 Å². The third kappa shape index (κ3) is 5.91. The zero-order chi connectivity index (χ0) is 15.2. The lowest BCUT2D eigenvalue weighted by Crippen LogP contribution is -2.08. The average molecular weight is 337 g/mol. The Labute approximate surface area is 122 Å². The van der Waals surface area contributed by atoms with Crippen molar-refractivity contribution in [1.29, 1.82) is 0 Å². The van der Waals surface area contributed by atoms with Gasteiger partial charge in [-0.25, -0.2) is 16.8 Å². The number of sulfone groups is 2. The summed E-state index contributed by atoms with van der Waals surface area (Å²) in [6.45, 7) is 0.130. The molecule has 0 unspecified atom stereocenters. The smallest absolute Gasteiger partial charge is 0.187 e. The molecule has 0 radical (unpaired) electrons. The van der Waals surface area contributed by atoms with Gasteiger partial charge >= 0.3 is 0 Å². The summed E-state index contributed by atoms with van der Waals surface area (Å²) < 4.78 is 46.1. The summed E-state index contributed by atoms with van der Waals surface area (Å²) in [5.41, 5.74) is 8.20. The first kappa shape index (κ1) is 17.0. The largest absolute Gasteiger partial charge is 0.229 e. The maximum Gasteiger partial charge on any atom is 0.187 e. The first-order chi connectivity index (χ1) is 9.24. The number of azide groups is 1. The molecular weight excluding hydrogens is 322 g/mol. The number of unbranched alkanes of at least 4 members (excludes halogenated alkanes) is 1. The Morgan fingerprint density at radius 3 is 2.45 bits per heavy atom. The molecule has 1 heterocycles. The molecule has 0 saturated carbocycles. The predicted octanol–water partition coefficient (Wildman–Crippen LogP) is 2.16. The van der Waals surface area contributed by atoms with Crippen molar-refractivity contribution >= 4 is 31.0 Å². The fourth-order valence-electron chi connectivity index (χ4n) is 1.47. The lowest BCUT2D eigenvalue weighted by molar-refractivity contribution is 0.589. The molecule has 10 heteroatoms. The summed E-state index contributed by atoms with van der Waals surface area (Å²) in [5, 5.41) is 3.37. The minimum atomic E-state index is -3.39. The van der Waals surface area contributed by atoms with E-state index in [1.807, 2.05) is 0 Å². The summed E-state index contributed by atoms with van der Waals surface area (Å²) in [4.78, 5) is 3.29. The lowest BCUT2D eigenvalue weighted by atomic mass is 10.4. The molecule has 0 fully saturated rings. The number of hydrogen-bond acceptors (Lipinski definition) is 6. The lowest BCUT2D eigenvalue weighted by Gasteiger charge is -2.01. The van der Waals surface area contributed by atoms with E-state index in [0.29, 0.717) is 17.7 Å². The number of rotatable bonds is 8. The highest BCUT2D eigenvalue weighted by Crippen LogP contribution is 2.24. The van der Waals surface area contributed by atoms with Crippen LogP contribution in [0.15, 0.2) is 21.5 Å². The van der Waals surface area contributed by atoms with Gasteiger partial charge in [-0.15, -0.1) is 11.3 Å². The van der Waals surface area contributed by atoms with E-state index >= 15 is 0 Å². The van der Waals surface area contributed by atoms with Crippen molar-refractivity contribution < 1.29 is 16.8 Å². The van der Waals surface area contributed by atoms with Gasteiger partial charge in [0.25, 0.3) is 0 Å². The second kappa shape index (κ2) is 7.07. The van der Waals surface area contributed by atoms with E-state index in [0.717, 1.165) is 17.6 Å². The van der Waals surface area contributed by atoms with Crippen molar-refractivity contribution in [3.05, 3.63) is 27.5 Å². The normalized spacial score (nSPS) is 12.1. The van der Waals surface area contributed by atoms with Gasteiger partial charge in [-0.1, -0.05) is 5.11 Å². The molecule has 0 saturated heterocycles. The van der Waals surface area contributed by atoms with E-state index in [-0.39, 0.29) is 22.3 Å². The van der Waals surface area contributed by atoms with Crippen molar-refractivity contribution in [3.8, 4) is 0 Å². The van der Waals surface area contributed by atoms with Gasteiger partial charge in [-0.2, -0.15) is 0 Å². The van der Waals surface area contributed by atoms with Crippen LogP contribution >= 0.6 is 11.3 Å². The molecule has 112 valence electrons. The third-order valence-corrected chi connectivity index (χ3v) is 6.89. The van der Waals surface area contributed by atoms with E-state index in [4.69, 9.17) is 5.53 Å². The van der Waals surface area contributed by atoms with Gasteiger partial charge in [-0.3, -0.25) is 0 Å². The summed E-state index contributed by atoms with van der Waals surface area (Å²) in [6, 6.07) is 3.10. The Kier molecular flexibility index (Phi) is 6.00.